The van der Waals surface area contributed by atoms with E-state index < -0.39 is 15.6 Å². The molecule has 0 aliphatic carbocycles. The summed E-state index contributed by atoms with van der Waals surface area (Å²) in [6.45, 7) is 18.5. The Morgan fingerprint density at radius 2 is 0.591 bits per heavy atom. The van der Waals surface area contributed by atoms with Gasteiger partial charge in [0.25, 0.3) is 15.6 Å². The minimum atomic E-state index is -4.08. The third-order valence-electron chi connectivity index (χ3n) is 6.70. The molecule has 0 saturated carbocycles. The Morgan fingerprint density at radius 3 is 0.750 bits per heavy atom. The largest absolute Gasteiger partial charge is 1.00 e. The minimum absolute atomic E-state index is 0. The van der Waals surface area contributed by atoms with Gasteiger partial charge < -0.3 is 27.9 Å². The van der Waals surface area contributed by atoms with E-state index in [1.54, 1.807) is 0 Å². The molecule has 0 aromatic heterocycles. The fraction of sp³-hybridized carbons (Fsp3) is 1.00. The van der Waals surface area contributed by atoms with Crippen LogP contribution in [0.15, 0.2) is 0 Å². The topological polar surface area (TPSA) is 117 Å². The molecule has 0 fully saturated rings. The predicted octanol–water partition coefficient (Wildman–Crippen LogP) is 3.85. The summed E-state index contributed by atoms with van der Waals surface area (Å²) < 4.78 is 42.4. The molecule has 0 rings (SSSR count). The molecule has 0 aliphatic rings. The predicted molar refractivity (Wildman–Crippen MR) is 172 cm³/mol. The van der Waals surface area contributed by atoms with Gasteiger partial charge in [0.1, 0.15) is 0 Å². The van der Waals surface area contributed by atoms with Crippen LogP contribution in [0.25, 0.3) is 0 Å². The Kier molecular flexibility index (Phi) is 43.5. The van der Waals surface area contributed by atoms with Crippen molar-refractivity contribution >= 4 is 15.6 Å². The SMILES string of the molecule is CC(C)CCCCCOP(=O)([O-])OCCCCCC(C)C.CC(C)CCCCCOP(=O)([O-])OCCCCCC(C)C.[K+].[Na+]. The van der Waals surface area contributed by atoms with E-state index in [2.05, 4.69) is 55.4 Å². The quantitative estimate of drug-likeness (QED) is 0.0686. The molecule has 8 nitrogen and oxygen atoms in total. The van der Waals surface area contributed by atoms with Crippen LogP contribution in [0.2, 0.25) is 0 Å². The smallest absolute Gasteiger partial charge is 0.756 e. The summed E-state index contributed by atoms with van der Waals surface area (Å²) in [5.41, 5.74) is 0. The van der Waals surface area contributed by atoms with Gasteiger partial charge in [0, 0.05) is 0 Å². The molecule has 0 aromatic rings. The van der Waals surface area contributed by atoms with Crippen molar-refractivity contribution in [2.24, 2.45) is 23.7 Å². The van der Waals surface area contributed by atoms with Crippen molar-refractivity contribution in [1.82, 2.24) is 0 Å². The maximum atomic E-state index is 11.5. The molecular formula is C32H68KNaO8P2. The van der Waals surface area contributed by atoms with Gasteiger partial charge in [-0.2, -0.15) is 0 Å². The average Bonchev–Trinajstić information content (AvgIpc) is 2.87. The van der Waals surface area contributed by atoms with E-state index >= 15 is 0 Å². The summed E-state index contributed by atoms with van der Waals surface area (Å²) >= 11 is 0. The zero-order chi connectivity index (χ0) is 32.3. The summed E-state index contributed by atoms with van der Waals surface area (Å²) in [6.07, 6.45) is 16.4. The van der Waals surface area contributed by atoms with Crippen LogP contribution in [0.5, 0.6) is 0 Å². The van der Waals surface area contributed by atoms with Crippen LogP contribution in [-0.4, -0.2) is 26.4 Å². The summed E-state index contributed by atoms with van der Waals surface area (Å²) in [5.74, 6) is 2.82. The fourth-order valence-electron chi connectivity index (χ4n) is 4.11. The zero-order valence-corrected chi connectivity index (χ0v) is 37.5. The second kappa shape index (κ2) is 35.7. The average molecular weight is 705 g/mol. The van der Waals surface area contributed by atoms with Crippen LogP contribution in [0.4, 0.5) is 0 Å². The number of rotatable bonds is 28. The summed E-state index contributed by atoms with van der Waals surface area (Å²) in [6, 6.07) is 0. The van der Waals surface area contributed by atoms with Crippen LogP contribution in [0.3, 0.4) is 0 Å². The van der Waals surface area contributed by atoms with Crippen molar-refractivity contribution in [2.45, 2.75) is 158 Å². The second-order valence-electron chi connectivity index (χ2n) is 13.2. The van der Waals surface area contributed by atoms with E-state index in [4.69, 9.17) is 18.1 Å². The number of hydrogen-bond donors (Lipinski definition) is 0. The Morgan fingerprint density at radius 1 is 0.409 bits per heavy atom. The molecule has 256 valence electrons. The molecule has 0 aliphatic heterocycles. The first-order chi connectivity index (χ1) is 19.7. The molecule has 12 heteroatoms. The van der Waals surface area contributed by atoms with Gasteiger partial charge in [0.2, 0.25) is 0 Å². The molecule has 0 saturated heterocycles. The number of unbranched alkanes of at least 4 members (excludes halogenated alkanes) is 8. The Labute approximate surface area is 338 Å². The van der Waals surface area contributed by atoms with Gasteiger partial charge >= 0.3 is 80.9 Å². The van der Waals surface area contributed by atoms with E-state index in [9.17, 15) is 18.9 Å². The number of hydrogen-bond acceptors (Lipinski definition) is 8. The number of phosphoric ester groups is 2. The third kappa shape index (κ3) is 47.0. The van der Waals surface area contributed by atoms with Crippen molar-refractivity contribution in [3.63, 3.8) is 0 Å². The van der Waals surface area contributed by atoms with E-state index in [1.165, 1.54) is 25.7 Å². The van der Waals surface area contributed by atoms with E-state index in [0.29, 0.717) is 23.7 Å². The summed E-state index contributed by atoms with van der Waals surface area (Å²) in [5, 5.41) is 0. The zero-order valence-electron chi connectivity index (χ0n) is 30.6. The molecule has 0 atom stereocenters. The first-order valence-corrected chi connectivity index (χ1v) is 19.8. The molecule has 44 heavy (non-hydrogen) atoms. The molecule has 0 N–H and O–H groups in total. The summed E-state index contributed by atoms with van der Waals surface area (Å²) in [4.78, 5) is 23.0. The second-order valence-corrected chi connectivity index (χ2v) is 16.0. The van der Waals surface area contributed by atoms with Gasteiger partial charge in [-0.05, 0) is 49.4 Å². The molecule has 0 heterocycles. The maximum Gasteiger partial charge on any atom is 1.00 e. The van der Waals surface area contributed by atoms with Crippen molar-refractivity contribution in [3.05, 3.63) is 0 Å². The summed E-state index contributed by atoms with van der Waals surface area (Å²) in [7, 11) is -8.16. The minimum Gasteiger partial charge on any atom is -0.756 e. The van der Waals surface area contributed by atoms with Crippen molar-refractivity contribution in [1.29, 1.82) is 0 Å². The van der Waals surface area contributed by atoms with Gasteiger partial charge in [-0.15, -0.1) is 0 Å². The van der Waals surface area contributed by atoms with E-state index in [-0.39, 0.29) is 107 Å². The monoisotopic (exact) mass is 704 g/mol. The fourth-order valence-corrected chi connectivity index (χ4v) is 5.67. The van der Waals surface area contributed by atoms with Gasteiger partial charge in [-0.3, -0.25) is 9.13 Å². The van der Waals surface area contributed by atoms with Crippen LogP contribution in [0, 0.1) is 23.7 Å². The van der Waals surface area contributed by atoms with E-state index in [0.717, 1.165) is 77.0 Å². The van der Waals surface area contributed by atoms with Crippen LogP contribution >= 0.6 is 15.6 Å². The Balaban J connectivity index is -0.000000348. The molecule has 0 radical (unpaired) electrons. The Bertz CT molecular complexity index is 581. The van der Waals surface area contributed by atoms with Crippen molar-refractivity contribution in [2.75, 3.05) is 26.4 Å². The molecule has 0 unspecified atom stereocenters. The van der Waals surface area contributed by atoms with Crippen LogP contribution < -0.4 is 90.7 Å². The van der Waals surface area contributed by atoms with Gasteiger partial charge in [0.15, 0.2) is 0 Å². The number of phosphoric acid groups is 2. The van der Waals surface area contributed by atoms with Crippen LogP contribution in [0.1, 0.15) is 158 Å². The van der Waals surface area contributed by atoms with Gasteiger partial charge in [0.05, 0.1) is 26.4 Å². The third-order valence-corrected chi connectivity index (χ3v) is 8.70. The maximum absolute atomic E-state index is 11.5. The van der Waals surface area contributed by atoms with Gasteiger partial charge in [-0.1, -0.05) is 132 Å². The Hall–Kier alpha value is 2.86. The van der Waals surface area contributed by atoms with Gasteiger partial charge in [-0.25, -0.2) is 0 Å². The first-order valence-electron chi connectivity index (χ1n) is 16.9. The molecule has 0 aromatic carbocycles. The molecule has 0 bridgehead atoms. The normalized spacial score (nSPS) is 12.0. The standard InChI is InChI=1S/2C16H35O4P.K.Na/c2*1-15(2)11-7-5-9-13-19-21(17,18)20-14-10-6-8-12-16(3)4;;/h2*15-16H,5-14H2,1-4H3,(H,17,18);;/q;;2*+1/p-2. The van der Waals surface area contributed by atoms with E-state index in [1.807, 2.05) is 0 Å². The first kappa shape index (κ1) is 53.6. The van der Waals surface area contributed by atoms with Crippen molar-refractivity contribution in [3.8, 4) is 0 Å². The molecular weight excluding hydrogens is 636 g/mol. The van der Waals surface area contributed by atoms with Crippen LogP contribution in [-0.2, 0) is 27.2 Å². The molecule has 0 amide bonds. The van der Waals surface area contributed by atoms with Crippen molar-refractivity contribution < 1.29 is 118 Å². The molecule has 0 spiro atoms.